The molecule has 0 bridgehead atoms. The van der Waals surface area contributed by atoms with Crippen LogP contribution in [0.4, 0.5) is 0 Å². The lowest BCUT2D eigenvalue weighted by Crippen LogP contribution is -2.33. The molecule has 2 atom stereocenters. The van der Waals surface area contributed by atoms with E-state index >= 15 is 0 Å². The summed E-state index contributed by atoms with van der Waals surface area (Å²) < 4.78 is 17.6. The molecule has 2 aliphatic rings. The molecule has 0 spiro atoms. The van der Waals surface area contributed by atoms with Gasteiger partial charge in [0.25, 0.3) is 0 Å². The number of rotatable bonds is 5. The summed E-state index contributed by atoms with van der Waals surface area (Å²) in [5.41, 5.74) is 4.27. The Morgan fingerprint density at radius 2 is 1.70 bits per heavy atom. The first-order valence-electron chi connectivity index (χ1n) is 10.3. The van der Waals surface area contributed by atoms with E-state index < -0.39 is 0 Å². The van der Waals surface area contributed by atoms with Crippen LogP contribution in [0.1, 0.15) is 42.3 Å². The van der Waals surface area contributed by atoms with E-state index in [9.17, 15) is 0 Å². The van der Waals surface area contributed by atoms with Crippen molar-refractivity contribution in [1.82, 2.24) is 5.01 Å². The normalized spacial score (nSPS) is 19.4. The highest BCUT2D eigenvalue weighted by Gasteiger charge is 2.41. The van der Waals surface area contributed by atoms with Crippen molar-refractivity contribution in [1.29, 1.82) is 0 Å². The number of ether oxygens (including phenoxy) is 3. The highest BCUT2D eigenvalue weighted by molar-refractivity contribution is 6.02. The maximum absolute atomic E-state index is 6.43. The molecule has 5 nitrogen and oxygen atoms in total. The van der Waals surface area contributed by atoms with Gasteiger partial charge in [0.2, 0.25) is 6.23 Å². The summed E-state index contributed by atoms with van der Waals surface area (Å²) in [6, 6.07) is 24.5. The smallest absolute Gasteiger partial charge is 0.217 e. The Bertz CT molecular complexity index is 1080. The summed E-state index contributed by atoms with van der Waals surface area (Å²) in [6.07, 6.45) is 0.473. The van der Waals surface area contributed by atoms with Gasteiger partial charge < -0.3 is 14.2 Å². The predicted octanol–water partition coefficient (Wildman–Crippen LogP) is 5.34. The van der Waals surface area contributed by atoms with Crippen LogP contribution < -0.4 is 14.2 Å². The second-order valence-electron chi connectivity index (χ2n) is 7.35. The van der Waals surface area contributed by atoms with Gasteiger partial charge in [-0.1, -0.05) is 30.3 Å². The van der Waals surface area contributed by atoms with Crippen LogP contribution in [-0.2, 0) is 0 Å². The summed E-state index contributed by atoms with van der Waals surface area (Å²) >= 11 is 0. The van der Waals surface area contributed by atoms with Crippen molar-refractivity contribution in [3.05, 3.63) is 89.5 Å². The monoisotopic (exact) mass is 400 g/mol. The van der Waals surface area contributed by atoms with Crippen LogP contribution in [0.15, 0.2) is 77.9 Å². The van der Waals surface area contributed by atoms with Gasteiger partial charge in [0.15, 0.2) is 0 Å². The van der Waals surface area contributed by atoms with Gasteiger partial charge in [0, 0.05) is 12.0 Å². The molecule has 0 amide bonds. The van der Waals surface area contributed by atoms with Crippen molar-refractivity contribution in [3.63, 3.8) is 0 Å². The fourth-order valence-corrected chi connectivity index (χ4v) is 4.19. The number of methoxy groups -OCH3 is 1. The molecule has 2 aliphatic heterocycles. The largest absolute Gasteiger partial charge is 0.496 e. The minimum atomic E-state index is -0.346. The molecule has 0 N–H and O–H groups in total. The van der Waals surface area contributed by atoms with Crippen LogP contribution in [0.25, 0.3) is 0 Å². The Morgan fingerprint density at radius 3 is 2.47 bits per heavy atom. The zero-order valence-electron chi connectivity index (χ0n) is 17.1. The van der Waals surface area contributed by atoms with E-state index in [0.717, 1.165) is 46.1 Å². The first kappa shape index (κ1) is 18.6. The van der Waals surface area contributed by atoms with Gasteiger partial charge in [-0.2, -0.15) is 5.10 Å². The van der Waals surface area contributed by atoms with E-state index in [4.69, 9.17) is 19.3 Å². The molecule has 3 aromatic rings. The van der Waals surface area contributed by atoms with Gasteiger partial charge in [0.1, 0.15) is 17.2 Å². The third kappa shape index (κ3) is 3.16. The maximum Gasteiger partial charge on any atom is 0.217 e. The summed E-state index contributed by atoms with van der Waals surface area (Å²) in [5.74, 6) is 2.57. The number of hydrogen-bond donors (Lipinski definition) is 0. The lowest BCUT2D eigenvalue weighted by molar-refractivity contribution is -0.0203. The zero-order chi connectivity index (χ0) is 20.5. The zero-order valence-corrected chi connectivity index (χ0v) is 17.1. The minimum absolute atomic E-state index is 0.117. The Hall–Kier alpha value is -3.47. The quantitative estimate of drug-likeness (QED) is 0.580. The lowest BCUT2D eigenvalue weighted by Gasteiger charge is -2.38. The molecule has 152 valence electrons. The van der Waals surface area contributed by atoms with E-state index in [1.54, 1.807) is 7.11 Å². The van der Waals surface area contributed by atoms with E-state index in [-0.39, 0.29) is 12.3 Å². The third-order valence-electron chi connectivity index (χ3n) is 5.60. The molecule has 0 radical (unpaired) electrons. The van der Waals surface area contributed by atoms with Gasteiger partial charge in [0.05, 0.1) is 31.0 Å². The molecular formula is C25H24N2O3. The molecule has 0 aromatic heterocycles. The first-order valence-corrected chi connectivity index (χ1v) is 10.3. The molecule has 0 unspecified atom stereocenters. The van der Waals surface area contributed by atoms with Crippen molar-refractivity contribution in [2.24, 2.45) is 5.10 Å². The second kappa shape index (κ2) is 7.75. The Morgan fingerprint density at radius 1 is 0.967 bits per heavy atom. The van der Waals surface area contributed by atoms with E-state index in [1.165, 1.54) is 0 Å². The SMILES string of the molecule is CCOc1ccc(C2=NN3[C@@H](c4ccccc4OC)Oc4ccccc4[C@@H]3C2)cc1. The van der Waals surface area contributed by atoms with Crippen LogP contribution in [0, 0.1) is 0 Å². The minimum Gasteiger partial charge on any atom is -0.496 e. The molecule has 0 saturated carbocycles. The van der Waals surface area contributed by atoms with Crippen LogP contribution >= 0.6 is 0 Å². The third-order valence-corrected chi connectivity index (χ3v) is 5.60. The van der Waals surface area contributed by atoms with Crippen molar-refractivity contribution in [3.8, 4) is 17.2 Å². The number of hydrogen-bond acceptors (Lipinski definition) is 5. The van der Waals surface area contributed by atoms with Gasteiger partial charge in [-0.05, 0) is 55.0 Å². The fourth-order valence-electron chi connectivity index (χ4n) is 4.19. The molecule has 30 heavy (non-hydrogen) atoms. The molecule has 0 aliphatic carbocycles. The number of nitrogens with zero attached hydrogens (tertiary/aromatic N) is 2. The Kier molecular flexibility index (Phi) is 4.79. The number of hydrazone groups is 1. The maximum atomic E-state index is 6.43. The van der Waals surface area contributed by atoms with Gasteiger partial charge >= 0.3 is 0 Å². The van der Waals surface area contributed by atoms with Gasteiger partial charge in [-0.3, -0.25) is 0 Å². The van der Waals surface area contributed by atoms with E-state index in [1.807, 2.05) is 55.5 Å². The number of benzene rings is 3. The summed E-state index contributed by atoms with van der Waals surface area (Å²) in [6.45, 7) is 2.65. The topological polar surface area (TPSA) is 43.3 Å². The van der Waals surface area contributed by atoms with Crippen molar-refractivity contribution < 1.29 is 14.2 Å². The first-order chi connectivity index (χ1) is 14.8. The number of fused-ring (bicyclic) bond motifs is 3. The lowest BCUT2D eigenvalue weighted by atomic mass is 9.96. The van der Waals surface area contributed by atoms with E-state index in [2.05, 4.69) is 29.3 Å². The molecule has 3 aromatic carbocycles. The van der Waals surface area contributed by atoms with Crippen molar-refractivity contribution in [2.45, 2.75) is 25.6 Å². The molecule has 5 heteroatoms. The standard InChI is InChI=1S/C25H24N2O3/c1-3-29-18-14-12-17(13-15-18)21-16-22-19-8-4-7-11-24(19)30-25(27(22)26-21)20-9-5-6-10-23(20)28-2/h4-15,22,25H,3,16H2,1-2H3/t22-,25+/m0/s1. The highest BCUT2D eigenvalue weighted by atomic mass is 16.5. The second-order valence-corrected chi connectivity index (χ2v) is 7.35. The number of para-hydroxylation sites is 2. The molecule has 0 fully saturated rings. The average Bonchev–Trinajstić information content (AvgIpc) is 3.25. The summed E-state index contributed by atoms with van der Waals surface area (Å²) in [7, 11) is 1.69. The Labute approximate surface area is 176 Å². The van der Waals surface area contributed by atoms with E-state index in [0.29, 0.717) is 6.61 Å². The van der Waals surface area contributed by atoms with Gasteiger partial charge in [-0.25, -0.2) is 5.01 Å². The highest BCUT2D eigenvalue weighted by Crippen LogP contribution is 2.48. The van der Waals surface area contributed by atoms with Crippen molar-refractivity contribution in [2.75, 3.05) is 13.7 Å². The van der Waals surface area contributed by atoms with Crippen LogP contribution in [-0.4, -0.2) is 24.4 Å². The van der Waals surface area contributed by atoms with Crippen LogP contribution in [0.5, 0.6) is 17.2 Å². The van der Waals surface area contributed by atoms with Crippen LogP contribution in [0.3, 0.4) is 0 Å². The molecular weight excluding hydrogens is 376 g/mol. The van der Waals surface area contributed by atoms with Crippen LogP contribution in [0.2, 0.25) is 0 Å². The average molecular weight is 400 g/mol. The predicted molar refractivity (Wildman–Crippen MR) is 116 cm³/mol. The van der Waals surface area contributed by atoms with Crippen molar-refractivity contribution >= 4 is 5.71 Å². The Balaban J connectivity index is 1.55. The molecule has 2 heterocycles. The molecule has 0 saturated heterocycles. The van der Waals surface area contributed by atoms with Gasteiger partial charge in [-0.15, -0.1) is 0 Å². The summed E-state index contributed by atoms with van der Waals surface area (Å²) in [5, 5.41) is 7.09. The summed E-state index contributed by atoms with van der Waals surface area (Å²) in [4.78, 5) is 0. The molecule has 5 rings (SSSR count). The fraction of sp³-hybridized carbons (Fsp3) is 0.240.